The minimum Gasteiger partial charge on any atom is -0.235 e. The molecule has 4 heteroatoms. The van der Waals surface area contributed by atoms with Crippen LogP contribution in [0.2, 0.25) is 0 Å². The fourth-order valence-electron chi connectivity index (χ4n) is 2.12. The zero-order valence-electron chi connectivity index (χ0n) is 12.5. The smallest absolute Gasteiger partial charge is 0.134 e. The molecule has 112 valence electrons. The zero-order chi connectivity index (χ0) is 16.2. The number of allylic oxidation sites excluding steroid dienone is 1. The largest absolute Gasteiger partial charge is 0.235 e. The highest BCUT2D eigenvalue weighted by atomic mass is 32.1. The third-order valence-corrected chi connectivity index (χ3v) is 4.26. The summed E-state index contributed by atoms with van der Waals surface area (Å²) in [5.41, 5.74) is 4.32. The van der Waals surface area contributed by atoms with Crippen LogP contribution in [0.1, 0.15) is 16.1 Å². The van der Waals surface area contributed by atoms with Gasteiger partial charge in [0, 0.05) is 10.9 Å². The van der Waals surface area contributed by atoms with Gasteiger partial charge >= 0.3 is 0 Å². The molecule has 0 atom stereocenters. The topological polar surface area (TPSA) is 36.7 Å². The molecule has 0 fully saturated rings. The number of aryl methyl sites for hydroxylation is 1. The third kappa shape index (κ3) is 3.53. The van der Waals surface area contributed by atoms with Crippen molar-refractivity contribution in [3.05, 3.63) is 75.9 Å². The molecule has 0 N–H and O–H groups in total. The maximum Gasteiger partial charge on any atom is 0.134 e. The predicted octanol–water partition coefficient (Wildman–Crippen LogP) is 5.32. The number of nitrogens with zero attached hydrogens (tertiary/aromatic N) is 2. The van der Waals surface area contributed by atoms with Gasteiger partial charge in [0.05, 0.1) is 11.3 Å². The van der Waals surface area contributed by atoms with Crippen LogP contribution in [0.4, 0.5) is 4.39 Å². The molecule has 0 aliphatic rings. The fraction of sp³-hybridized carbons (Fsp3) is 0.0526. The summed E-state index contributed by atoms with van der Waals surface area (Å²) < 4.78 is 13.0. The van der Waals surface area contributed by atoms with Crippen LogP contribution in [0.25, 0.3) is 22.9 Å². The lowest BCUT2D eigenvalue weighted by molar-refractivity contribution is 0.628. The van der Waals surface area contributed by atoms with E-state index in [1.54, 1.807) is 18.2 Å². The van der Waals surface area contributed by atoms with E-state index in [-0.39, 0.29) is 5.82 Å². The van der Waals surface area contributed by atoms with Crippen LogP contribution < -0.4 is 0 Å². The van der Waals surface area contributed by atoms with Crippen LogP contribution in [0.3, 0.4) is 0 Å². The van der Waals surface area contributed by atoms with Crippen molar-refractivity contribution in [3.8, 4) is 17.3 Å². The lowest BCUT2D eigenvalue weighted by Gasteiger charge is -1.98. The summed E-state index contributed by atoms with van der Waals surface area (Å²) in [4.78, 5) is 4.55. The van der Waals surface area contributed by atoms with Crippen molar-refractivity contribution in [2.24, 2.45) is 0 Å². The van der Waals surface area contributed by atoms with Gasteiger partial charge in [-0.1, -0.05) is 42.0 Å². The van der Waals surface area contributed by atoms with Crippen LogP contribution in [0.5, 0.6) is 0 Å². The normalized spacial score (nSPS) is 11.3. The van der Waals surface area contributed by atoms with Crippen molar-refractivity contribution in [3.63, 3.8) is 0 Å². The van der Waals surface area contributed by atoms with E-state index in [4.69, 9.17) is 0 Å². The van der Waals surface area contributed by atoms with Gasteiger partial charge in [-0.25, -0.2) is 9.37 Å². The van der Waals surface area contributed by atoms with Gasteiger partial charge in [-0.3, -0.25) is 0 Å². The summed E-state index contributed by atoms with van der Waals surface area (Å²) in [5.74, 6) is -0.295. The molecule has 2 aromatic carbocycles. The average molecular weight is 320 g/mol. The Bertz CT molecular complexity index is 884. The molecule has 0 amide bonds. The Kier molecular flexibility index (Phi) is 4.31. The second kappa shape index (κ2) is 6.55. The first-order valence-corrected chi connectivity index (χ1v) is 7.94. The first-order valence-electron chi connectivity index (χ1n) is 7.06. The SMILES string of the molecule is Cc1ccc(-c2csc(/C(C#N)=C/c3ccc(F)cc3)n2)cc1. The maximum atomic E-state index is 13.0. The lowest BCUT2D eigenvalue weighted by atomic mass is 10.1. The van der Waals surface area contributed by atoms with E-state index in [0.717, 1.165) is 16.8 Å². The molecule has 0 spiro atoms. The Morgan fingerprint density at radius 2 is 1.83 bits per heavy atom. The molecule has 23 heavy (non-hydrogen) atoms. The molecule has 1 aromatic heterocycles. The van der Waals surface area contributed by atoms with Crippen LogP contribution in [-0.2, 0) is 0 Å². The highest BCUT2D eigenvalue weighted by Gasteiger charge is 2.09. The first kappa shape index (κ1) is 15.1. The molecule has 0 saturated heterocycles. The van der Waals surface area contributed by atoms with Gasteiger partial charge < -0.3 is 0 Å². The molecule has 3 aromatic rings. The maximum absolute atomic E-state index is 13.0. The number of benzene rings is 2. The Labute approximate surface area is 138 Å². The van der Waals surface area contributed by atoms with Gasteiger partial charge in [-0.2, -0.15) is 5.26 Å². The third-order valence-electron chi connectivity index (χ3n) is 3.38. The van der Waals surface area contributed by atoms with Crippen molar-refractivity contribution < 1.29 is 4.39 Å². The molecular formula is C19H13FN2S. The summed E-state index contributed by atoms with van der Waals surface area (Å²) in [5, 5.41) is 12.0. The number of aromatic nitrogens is 1. The molecule has 0 aliphatic carbocycles. The number of halogens is 1. The molecule has 0 saturated carbocycles. The van der Waals surface area contributed by atoms with Gasteiger partial charge in [0.15, 0.2) is 0 Å². The molecular weight excluding hydrogens is 307 g/mol. The molecule has 3 rings (SSSR count). The van der Waals surface area contributed by atoms with Crippen molar-refractivity contribution in [1.82, 2.24) is 4.98 Å². The predicted molar refractivity (Wildman–Crippen MR) is 92.2 cm³/mol. The van der Waals surface area contributed by atoms with E-state index in [1.165, 1.54) is 29.0 Å². The molecule has 1 heterocycles. The van der Waals surface area contributed by atoms with E-state index < -0.39 is 0 Å². The number of thiazole rings is 1. The monoisotopic (exact) mass is 320 g/mol. The second-order valence-electron chi connectivity index (χ2n) is 5.13. The molecule has 0 unspecified atom stereocenters. The van der Waals surface area contributed by atoms with Crippen LogP contribution >= 0.6 is 11.3 Å². The van der Waals surface area contributed by atoms with E-state index in [2.05, 4.69) is 11.1 Å². The summed E-state index contributed by atoms with van der Waals surface area (Å²) in [6.07, 6.45) is 1.72. The van der Waals surface area contributed by atoms with Crippen molar-refractivity contribution in [2.75, 3.05) is 0 Å². The Morgan fingerprint density at radius 1 is 1.13 bits per heavy atom. The number of hydrogen-bond acceptors (Lipinski definition) is 3. The molecule has 0 bridgehead atoms. The molecule has 2 nitrogen and oxygen atoms in total. The Hall–Kier alpha value is -2.77. The summed E-state index contributed by atoms with van der Waals surface area (Å²) in [6, 6.07) is 16.3. The van der Waals surface area contributed by atoms with E-state index in [0.29, 0.717) is 10.6 Å². The van der Waals surface area contributed by atoms with Gasteiger partial charge in [0.25, 0.3) is 0 Å². The first-order chi connectivity index (χ1) is 11.2. The minimum atomic E-state index is -0.295. The van der Waals surface area contributed by atoms with Crippen LogP contribution in [-0.4, -0.2) is 4.98 Å². The van der Waals surface area contributed by atoms with Gasteiger partial charge in [0.1, 0.15) is 16.9 Å². The average Bonchev–Trinajstić information content (AvgIpc) is 3.05. The van der Waals surface area contributed by atoms with E-state index in [9.17, 15) is 9.65 Å². The van der Waals surface area contributed by atoms with Gasteiger partial charge in [0.2, 0.25) is 0 Å². The Balaban J connectivity index is 1.92. The van der Waals surface area contributed by atoms with Crippen LogP contribution in [0.15, 0.2) is 53.9 Å². The zero-order valence-corrected chi connectivity index (χ0v) is 13.3. The minimum absolute atomic E-state index is 0.295. The standard InChI is InChI=1S/C19H13FN2S/c1-13-2-6-15(7-3-13)18-12-23-19(22-18)16(11-21)10-14-4-8-17(20)9-5-14/h2-10,12H,1H3/b16-10+. The van der Waals surface area contributed by atoms with Gasteiger partial charge in [-0.05, 0) is 30.7 Å². The lowest BCUT2D eigenvalue weighted by Crippen LogP contribution is -1.83. The summed E-state index contributed by atoms with van der Waals surface area (Å²) in [6.45, 7) is 2.04. The number of nitriles is 1. The van der Waals surface area contributed by atoms with Crippen LogP contribution in [0, 0.1) is 24.1 Å². The fourth-order valence-corrected chi connectivity index (χ4v) is 2.92. The summed E-state index contributed by atoms with van der Waals surface area (Å²) >= 11 is 1.43. The quantitative estimate of drug-likeness (QED) is 0.612. The second-order valence-corrected chi connectivity index (χ2v) is 5.98. The summed E-state index contributed by atoms with van der Waals surface area (Å²) in [7, 11) is 0. The number of rotatable bonds is 3. The molecule has 0 radical (unpaired) electrons. The number of hydrogen-bond donors (Lipinski definition) is 0. The highest BCUT2D eigenvalue weighted by Crippen LogP contribution is 2.27. The highest BCUT2D eigenvalue weighted by molar-refractivity contribution is 7.11. The van der Waals surface area contributed by atoms with E-state index >= 15 is 0 Å². The van der Waals surface area contributed by atoms with Gasteiger partial charge in [-0.15, -0.1) is 11.3 Å². The Morgan fingerprint density at radius 3 is 2.48 bits per heavy atom. The van der Waals surface area contributed by atoms with E-state index in [1.807, 2.05) is 36.6 Å². The van der Waals surface area contributed by atoms with Crippen molar-refractivity contribution >= 4 is 23.0 Å². The van der Waals surface area contributed by atoms with Crippen molar-refractivity contribution in [1.29, 1.82) is 5.26 Å². The van der Waals surface area contributed by atoms with Crippen molar-refractivity contribution in [2.45, 2.75) is 6.92 Å². The molecule has 0 aliphatic heterocycles.